The second-order valence-corrected chi connectivity index (χ2v) is 2.64. The average molecular weight is 142 g/mol. The number of nitrogens with one attached hydrogen (secondary N) is 1. The van der Waals surface area contributed by atoms with Crippen LogP contribution in [0.15, 0.2) is 12.2 Å². The number of ether oxygens (including phenoxy) is 1. The Morgan fingerprint density at radius 2 is 2.50 bits per heavy atom. The van der Waals surface area contributed by atoms with Crippen LogP contribution in [0.2, 0.25) is 0 Å². The van der Waals surface area contributed by atoms with Gasteiger partial charge in [-0.05, 0) is 13.5 Å². The molecule has 0 saturated carbocycles. The Hall–Kier alpha value is -0.380. The van der Waals surface area contributed by atoms with Gasteiger partial charge in [-0.2, -0.15) is 0 Å². The van der Waals surface area contributed by atoms with Crippen molar-refractivity contribution < 1.29 is 4.74 Å². The van der Waals surface area contributed by atoms with Gasteiger partial charge < -0.3 is 10.5 Å². The van der Waals surface area contributed by atoms with Gasteiger partial charge in [0.2, 0.25) is 0 Å². The lowest BCUT2D eigenvalue weighted by molar-refractivity contribution is 0.0102. The Morgan fingerprint density at radius 1 is 1.80 bits per heavy atom. The molecule has 0 aromatic rings. The van der Waals surface area contributed by atoms with Gasteiger partial charge in [0.25, 0.3) is 0 Å². The molecule has 10 heavy (non-hydrogen) atoms. The highest BCUT2D eigenvalue weighted by Crippen LogP contribution is 2.13. The predicted molar refractivity (Wildman–Crippen MR) is 40.5 cm³/mol. The van der Waals surface area contributed by atoms with Crippen LogP contribution in [0.1, 0.15) is 6.42 Å². The maximum atomic E-state index is 5.73. The summed E-state index contributed by atoms with van der Waals surface area (Å²) in [6, 6.07) is 0.0613. The molecule has 1 heterocycles. The van der Waals surface area contributed by atoms with Crippen molar-refractivity contribution in [3.63, 3.8) is 0 Å². The highest BCUT2D eigenvalue weighted by Gasteiger charge is 2.22. The van der Waals surface area contributed by atoms with E-state index in [1.54, 1.807) is 0 Å². The van der Waals surface area contributed by atoms with Crippen LogP contribution in [0, 0.1) is 0 Å². The van der Waals surface area contributed by atoms with Crippen LogP contribution in [0.5, 0.6) is 0 Å². The topological polar surface area (TPSA) is 47.3 Å². The van der Waals surface area contributed by atoms with E-state index in [-0.39, 0.29) is 12.3 Å². The molecule has 0 aliphatic carbocycles. The van der Waals surface area contributed by atoms with E-state index in [0.717, 1.165) is 12.0 Å². The second kappa shape index (κ2) is 3.14. The molecule has 0 aromatic carbocycles. The quantitative estimate of drug-likeness (QED) is 0.500. The summed E-state index contributed by atoms with van der Waals surface area (Å²) in [6.45, 7) is 4.44. The Labute approximate surface area is 61.2 Å². The van der Waals surface area contributed by atoms with Gasteiger partial charge in [0.05, 0.1) is 6.61 Å². The molecule has 1 unspecified atom stereocenters. The van der Waals surface area contributed by atoms with Crippen molar-refractivity contribution in [2.45, 2.75) is 18.7 Å². The van der Waals surface area contributed by atoms with Crippen molar-refractivity contribution >= 4 is 0 Å². The number of rotatable bonds is 1. The minimum atomic E-state index is 0.00509. The van der Waals surface area contributed by atoms with E-state index in [1.165, 1.54) is 0 Å². The van der Waals surface area contributed by atoms with Gasteiger partial charge >= 0.3 is 0 Å². The Bertz CT molecular complexity index is 136. The normalized spacial score (nSPS) is 34.4. The van der Waals surface area contributed by atoms with Crippen LogP contribution in [0.25, 0.3) is 0 Å². The maximum Gasteiger partial charge on any atom is 0.123 e. The zero-order valence-corrected chi connectivity index (χ0v) is 6.26. The lowest BCUT2D eigenvalue weighted by atomic mass is 10.1. The fraction of sp³-hybridized carbons (Fsp3) is 0.714. The minimum absolute atomic E-state index is 0.00509. The van der Waals surface area contributed by atoms with E-state index in [0.29, 0.717) is 6.61 Å². The molecule has 0 spiro atoms. The zero-order valence-electron chi connectivity index (χ0n) is 6.26. The number of likely N-dealkylation sites (N-methyl/N-ethyl adjacent to an activating group) is 1. The first-order chi connectivity index (χ1) is 4.74. The summed E-state index contributed by atoms with van der Waals surface area (Å²) in [6.07, 6.45) is 0.872. The molecule has 1 aliphatic heterocycles. The summed E-state index contributed by atoms with van der Waals surface area (Å²) in [7, 11) is 1.85. The summed E-state index contributed by atoms with van der Waals surface area (Å²) in [5.41, 5.74) is 6.81. The lowest BCUT2D eigenvalue weighted by Crippen LogP contribution is -2.48. The Kier molecular flexibility index (Phi) is 2.43. The highest BCUT2D eigenvalue weighted by molar-refractivity contribution is 5.02. The van der Waals surface area contributed by atoms with E-state index in [2.05, 4.69) is 11.9 Å². The molecule has 0 bridgehead atoms. The third-order valence-electron chi connectivity index (χ3n) is 1.66. The van der Waals surface area contributed by atoms with Crippen molar-refractivity contribution in [2.75, 3.05) is 13.7 Å². The van der Waals surface area contributed by atoms with Crippen LogP contribution < -0.4 is 11.1 Å². The third kappa shape index (κ3) is 1.56. The Morgan fingerprint density at radius 3 is 3.00 bits per heavy atom. The van der Waals surface area contributed by atoms with Crippen molar-refractivity contribution in [3.8, 4) is 0 Å². The highest BCUT2D eigenvalue weighted by atomic mass is 16.5. The van der Waals surface area contributed by atoms with Gasteiger partial charge in [-0.1, -0.05) is 12.2 Å². The molecule has 0 radical (unpaired) electrons. The average Bonchev–Trinajstić information content (AvgIpc) is 1.88. The van der Waals surface area contributed by atoms with Crippen molar-refractivity contribution in [1.29, 1.82) is 0 Å². The van der Waals surface area contributed by atoms with E-state index in [1.807, 2.05) is 7.05 Å². The van der Waals surface area contributed by atoms with Crippen LogP contribution in [0.3, 0.4) is 0 Å². The van der Waals surface area contributed by atoms with E-state index in [9.17, 15) is 0 Å². The molecule has 3 nitrogen and oxygen atoms in total. The molecule has 1 rings (SSSR count). The van der Waals surface area contributed by atoms with Crippen LogP contribution in [-0.2, 0) is 4.74 Å². The van der Waals surface area contributed by atoms with E-state index < -0.39 is 0 Å². The van der Waals surface area contributed by atoms with Crippen molar-refractivity contribution in [1.82, 2.24) is 5.32 Å². The van der Waals surface area contributed by atoms with Gasteiger partial charge in [-0.25, -0.2) is 0 Å². The molecule has 1 saturated heterocycles. The number of nitrogens with two attached hydrogens (primary N) is 1. The molecule has 2 atom stereocenters. The first kappa shape index (κ1) is 7.72. The van der Waals surface area contributed by atoms with Gasteiger partial charge in [-0.15, -0.1) is 0 Å². The third-order valence-corrected chi connectivity index (χ3v) is 1.66. The van der Waals surface area contributed by atoms with Crippen LogP contribution >= 0.6 is 0 Å². The molecule has 0 aromatic heterocycles. The zero-order chi connectivity index (χ0) is 7.56. The molecule has 1 aliphatic rings. The van der Waals surface area contributed by atoms with Crippen molar-refractivity contribution in [3.05, 3.63) is 12.2 Å². The molecule has 0 amide bonds. The fourth-order valence-electron chi connectivity index (χ4n) is 1.13. The summed E-state index contributed by atoms with van der Waals surface area (Å²) >= 11 is 0. The smallest absolute Gasteiger partial charge is 0.123 e. The molecule has 3 heteroatoms. The molecule has 1 fully saturated rings. The standard InChI is InChI=1S/C7H14N2O/c1-5-3-6(8)7(9-2)10-4-5/h6-7,9H,1,3-4,8H2,2H3/t6?,7-/m0/s1. The first-order valence-electron chi connectivity index (χ1n) is 3.45. The second-order valence-electron chi connectivity index (χ2n) is 2.64. The summed E-state index contributed by atoms with van der Waals surface area (Å²) in [4.78, 5) is 0. The van der Waals surface area contributed by atoms with E-state index >= 15 is 0 Å². The molecular weight excluding hydrogens is 128 g/mol. The van der Waals surface area contributed by atoms with E-state index in [4.69, 9.17) is 10.5 Å². The van der Waals surface area contributed by atoms with Gasteiger partial charge in [-0.3, -0.25) is 5.32 Å². The van der Waals surface area contributed by atoms with Gasteiger partial charge in [0.1, 0.15) is 6.23 Å². The summed E-state index contributed by atoms with van der Waals surface area (Å²) in [5.74, 6) is 0. The first-order valence-corrected chi connectivity index (χ1v) is 3.45. The fourth-order valence-corrected chi connectivity index (χ4v) is 1.13. The van der Waals surface area contributed by atoms with Gasteiger partial charge in [0, 0.05) is 6.04 Å². The largest absolute Gasteiger partial charge is 0.357 e. The molecular formula is C7H14N2O. The SMILES string of the molecule is C=C1CO[C@H](NC)C(N)C1. The lowest BCUT2D eigenvalue weighted by Gasteiger charge is -2.29. The van der Waals surface area contributed by atoms with Crippen molar-refractivity contribution in [2.24, 2.45) is 5.73 Å². The minimum Gasteiger partial charge on any atom is -0.357 e. The molecule has 3 N–H and O–H groups in total. The summed E-state index contributed by atoms with van der Waals surface area (Å²) < 4.78 is 5.32. The Balaban J connectivity index is 2.43. The van der Waals surface area contributed by atoms with Gasteiger partial charge in [0.15, 0.2) is 0 Å². The molecule has 58 valence electrons. The van der Waals surface area contributed by atoms with Crippen LogP contribution in [-0.4, -0.2) is 25.9 Å². The van der Waals surface area contributed by atoms with Crippen LogP contribution in [0.4, 0.5) is 0 Å². The predicted octanol–water partition coefficient (Wildman–Crippen LogP) is -0.164. The number of hydrogen-bond donors (Lipinski definition) is 2. The monoisotopic (exact) mass is 142 g/mol. The number of hydrogen-bond acceptors (Lipinski definition) is 3. The summed E-state index contributed by atoms with van der Waals surface area (Å²) in [5, 5.41) is 2.99. The maximum absolute atomic E-state index is 5.73.